The van der Waals surface area contributed by atoms with E-state index in [2.05, 4.69) is 21.2 Å². The Bertz CT molecular complexity index is 740. The number of aromatic nitrogens is 3. The number of carbonyl (C=O) groups excluding carboxylic acids is 2. The molecule has 1 heterocycles. The van der Waals surface area contributed by atoms with Crippen molar-refractivity contribution in [2.75, 3.05) is 13.2 Å². The van der Waals surface area contributed by atoms with E-state index in [0.29, 0.717) is 25.3 Å². The summed E-state index contributed by atoms with van der Waals surface area (Å²) >= 11 is 0. The van der Waals surface area contributed by atoms with Crippen molar-refractivity contribution >= 4 is 11.8 Å². The molecule has 0 bridgehead atoms. The van der Waals surface area contributed by atoms with E-state index in [1.54, 1.807) is 12.1 Å². The van der Waals surface area contributed by atoms with Gasteiger partial charge in [0.25, 0.3) is 11.8 Å². The maximum Gasteiger partial charge on any atom is 0.291 e. The number of amides is 2. The first-order chi connectivity index (χ1) is 12.5. The third-order valence-electron chi connectivity index (χ3n) is 3.49. The smallest absolute Gasteiger partial charge is 0.291 e. The predicted molar refractivity (Wildman–Crippen MR) is 93.2 cm³/mol. The summed E-state index contributed by atoms with van der Waals surface area (Å²) in [4.78, 5) is 24.2. The molecule has 0 saturated carbocycles. The molecule has 0 saturated heterocycles. The Kier molecular flexibility index (Phi) is 7.24. The summed E-state index contributed by atoms with van der Waals surface area (Å²) in [6.45, 7) is 6.84. The molecule has 140 valence electrons. The zero-order valence-electron chi connectivity index (χ0n) is 15.1. The number of hydrogen-bond acceptors (Lipinski definition) is 6. The summed E-state index contributed by atoms with van der Waals surface area (Å²) in [6.07, 6.45) is 0.990. The number of carbonyl (C=O) groups is 2. The maximum absolute atomic E-state index is 12.1. The quantitative estimate of drug-likeness (QED) is 0.538. The number of nitrogens with zero attached hydrogens (tertiary/aromatic N) is 3. The first kappa shape index (κ1) is 19.5. The van der Waals surface area contributed by atoms with Crippen LogP contribution in [0, 0.1) is 6.92 Å². The molecule has 0 aliphatic carbocycles. The van der Waals surface area contributed by atoms with Crippen LogP contribution in [0.4, 0.5) is 0 Å². The van der Waals surface area contributed by atoms with Gasteiger partial charge in [-0.1, -0.05) is 23.4 Å². The van der Waals surface area contributed by atoms with Crippen molar-refractivity contribution in [3.8, 4) is 0 Å². The predicted octanol–water partition coefficient (Wildman–Crippen LogP) is 1.06. The van der Waals surface area contributed by atoms with E-state index in [0.717, 1.165) is 5.56 Å². The van der Waals surface area contributed by atoms with Gasteiger partial charge >= 0.3 is 0 Å². The molecule has 2 aromatic rings. The first-order valence-electron chi connectivity index (χ1n) is 8.34. The highest BCUT2D eigenvalue weighted by Crippen LogP contribution is 2.06. The van der Waals surface area contributed by atoms with Gasteiger partial charge in [-0.05, 0) is 32.4 Å². The van der Waals surface area contributed by atoms with E-state index in [1.807, 2.05) is 32.9 Å². The Labute approximate surface area is 151 Å². The van der Waals surface area contributed by atoms with Crippen molar-refractivity contribution in [3.05, 3.63) is 47.3 Å². The van der Waals surface area contributed by atoms with Crippen LogP contribution in [0.15, 0.2) is 30.5 Å². The average molecular weight is 361 g/mol. The van der Waals surface area contributed by atoms with E-state index < -0.39 is 18.1 Å². The minimum Gasteiger partial charge on any atom is -0.351 e. The van der Waals surface area contributed by atoms with Crippen molar-refractivity contribution in [1.29, 1.82) is 0 Å². The third-order valence-corrected chi connectivity index (χ3v) is 3.49. The van der Waals surface area contributed by atoms with Crippen LogP contribution in [-0.4, -0.2) is 46.3 Å². The number of hydrogen-bond donors (Lipinski definition) is 2. The Balaban J connectivity index is 1.91. The van der Waals surface area contributed by atoms with Crippen molar-refractivity contribution in [1.82, 2.24) is 25.8 Å². The third kappa shape index (κ3) is 5.36. The lowest BCUT2D eigenvalue weighted by Crippen LogP contribution is -2.42. The fraction of sp³-hybridized carbons (Fsp3) is 0.412. The van der Waals surface area contributed by atoms with Crippen molar-refractivity contribution in [2.24, 2.45) is 0 Å². The Morgan fingerprint density at radius 2 is 1.77 bits per heavy atom. The summed E-state index contributed by atoms with van der Waals surface area (Å²) in [5.41, 5.74) is 6.05. The first-order valence-corrected chi connectivity index (χ1v) is 8.34. The molecule has 0 aliphatic rings. The second kappa shape index (κ2) is 9.64. The lowest BCUT2D eigenvalue weighted by Gasteiger charge is -2.16. The molecule has 26 heavy (non-hydrogen) atoms. The molecule has 0 aliphatic heterocycles. The van der Waals surface area contributed by atoms with E-state index in [1.165, 1.54) is 10.9 Å². The molecule has 2 N–H and O–H groups in total. The van der Waals surface area contributed by atoms with Crippen LogP contribution < -0.4 is 10.9 Å². The van der Waals surface area contributed by atoms with Gasteiger partial charge in [0.2, 0.25) is 0 Å². The summed E-state index contributed by atoms with van der Waals surface area (Å²) in [7, 11) is 0. The zero-order chi connectivity index (χ0) is 18.9. The van der Waals surface area contributed by atoms with Crippen molar-refractivity contribution in [3.63, 3.8) is 0 Å². The summed E-state index contributed by atoms with van der Waals surface area (Å²) < 4.78 is 12.3. The van der Waals surface area contributed by atoms with Gasteiger partial charge in [-0.3, -0.25) is 20.4 Å². The van der Waals surface area contributed by atoms with E-state index in [4.69, 9.17) is 9.47 Å². The number of hydrazine groups is 1. The van der Waals surface area contributed by atoms with Crippen LogP contribution in [0.2, 0.25) is 0 Å². The number of benzene rings is 1. The monoisotopic (exact) mass is 361 g/mol. The van der Waals surface area contributed by atoms with Crippen LogP contribution in [0.5, 0.6) is 0 Å². The van der Waals surface area contributed by atoms with Crippen LogP contribution >= 0.6 is 0 Å². The van der Waals surface area contributed by atoms with Gasteiger partial charge in [0.15, 0.2) is 12.0 Å². The minimum absolute atomic E-state index is 0.0711. The van der Waals surface area contributed by atoms with Gasteiger partial charge in [0.1, 0.15) is 0 Å². The molecular weight excluding hydrogens is 338 g/mol. The van der Waals surface area contributed by atoms with Crippen LogP contribution in [-0.2, 0) is 16.0 Å². The van der Waals surface area contributed by atoms with E-state index >= 15 is 0 Å². The molecule has 2 amide bonds. The topological polar surface area (TPSA) is 107 Å². The fourth-order valence-electron chi connectivity index (χ4n) is 2.24. The molecule has 0 spiro atoms. The lowest BCUT2D eigenvalue weighted by molar-refractivity contribution is -0.145. The molecule has 0 atom stereocenters. The van der Waals surface area contributed by atoms with E-state index in [-0.39, 0.29) is 5.69 Å². The van der Waals surface area contributed by atoms with Crippen LogP contribution in [0.1, 0.15) is 40.3 Å². The second-order valence-electron chi connectivity index (χ2n) is 5.39. The molecule has 0 fully saturated rings. The summed E-state index contributed by atoms with van der Waals surface area (Å²) in [5.74, 6) is -0.973. The van der Waals surface area contributed by atoms with Crippen molar-refractivity contribution < 1.29 is 19.1 Å². The Morgan fingerprint density at radius 1 is 1.12 bits per heavy atom. The molecule has 1 aromatic carbocycles. The molecule has 9 heteroatoms. The van der Waals surface area contributed by atoms with Crippen LogP contribution in [0.3, 0.4) is 0 Å². The number of rotatable bonds is 8. The summed E-state index contributed by atoms with van der Waals surface area (Å²) in [5, 5.41) is 7.67. The van der Waals surface area contributed by atoms with Gasteiger partial charge in [-0.2, -0.15) is 0 Å². The van der Waals surface area contributed by atoms with Gasteiger partial charge in [0.05, 0.1) is 12.7 Å². The lowest BCUT2D eigenvalue weighted by atomic mass is 10.1. The Hall–Kier alpha value is -2.78. The molecule has 9 nitrogen and oxygen atoms in total. The van der Waals surface area contributed by atoms with Gasteiger partial charge in [0, 0.05) is 18.8 Å². The van der Waals surface area contributed by atoms with Gasteiger partial charge < -0.3 is 9.47 Å². The van der Waals surface area contributed by atoms with Gasteiger partial charge in [-0.15, -0.1) is 5.10 Å². The standard InChI is InChI=1S/C17H23N5O4/c1-4-25-15(26-5-2)11-22-10-14(18-21-22)17(24)20-19-16(23)13-9-7-6-8-12(13)3/h6-10,15H,4-5,11H2,1-3H3,(H,19,23)(H,20,24). The van der Waals surface area contributed by atoms with E-state index in [9.17, 15) is 9.59 Å². The SMILES string of the molecule is CCOC(Cn1cc(C(=O)NNC(=O)c2ccccc2C)nn1)OCC. The zero-order valence-corrected chi connectivity index (χ0v) is 15.1. The normalized spacial score (nSPS) is 10.8. The molecule has 2 rings (SSSR count). The number of aryl methyl sites for hydroxylation is 1. The summed E-state index contributed by atoms with van der Waals surface area (Å²) in [6, 6.07) is 7.08. The molecule has 1 aromatic heterocycles. The highest BCUT2D eigenvalue weighted by molar-refractivity contribution is 5.98. The van der Waals surface area contributed by atoms with Gasteiger partial charge in [-0.25, -0.2) is 4.68 Å². The molecule has 0 unspecified atom stereocenters. The van der Waals surface area contributed by atoms with Crippen LogP contribution in [0.25, 0.3) is 0 Å². The number of nitrogens with one attached hydrogen (secondary N) is 2. The number of ether oxygens (including phenoxy) is 2. The minimum atomic E-state index is -0.567. The average Bonchev–Trinajstić information content (AvgIpc) is 3.09. The Morgan fingerprint density at radius 3 is 2.42 bits per heavy atom. The molecular formula is C17H23N5O4. The highest BCUT2D eigenvalue weighted by Gasteiger charge is 2.16. The largest absolute Gasteiger partial charge is 0.351 e. The molecule has 0 radical (unpaired) electrons. The van der Waals surface area contributed by atoms with Crippen molar-refractivity contribution in [2.45, 2.75) is 33.6 Å². The fourth-order valence-corrected chi connectivity index (χ4v) is 2.24. The highest BCUT2D eigenvalue weighted by atomic mass is 16.7. The second-order valence-corrected chi connectivity index (χ2v) is 5.39. The maximum atomic E-state index is 12.1.